The van der Waals surface area contributed by atoms with Crippen LogP contribution in [0.4, 0.5) is 0 Å². The summed E-state index contributed by atoms with van der Waals surface area (Å²) in [7, 11) is 0. The lowest BCUT2D eigenvalue weighted by molar-refractivity contribution is -0.133. The van der Waals surface area contributed by atoms with Crippen LogP contribution in [0, 0.1) is 17.2 Å². The maximum Gasteiger partial charge on any atom is 0.231 e. The molecule has 2 aliphatic heterocycles. The van der Waals surface area contributed by atoms with Crippen LogP contribution >= 0.6 is 11.8 Å². The molecule has 4 heteroatoms. The molecule has 0 saturated carbocycles. The molecule has 0 aromatic rings. The van der Waals surface area contributed by atoms with Gasteiger partial charge < -0.3 is 4.90 Å². The van der Waals surface area contributed by atoms with Gasteiger partial charge in [-0.2, -0.15) is 5.26 Å². The van der Waals surface area contributed by atoms with Crippen molar-refractivity contribution >= 4 is 17.7 Å². The topological polar surface area (TPSA) is 44.1 Å². The highest BCUT2D eigenvalue weighted by Gasteiger charge is 2.35. The fourth-order valence-electron chi connectivity index (χ4n) is 2.57. The number of rotatable bonds is 2. The molecule has 0 N–H and O–H groups in total. The molecule has 18 heavy (non-hydrogen) atoms. The molecule has 2 atom stereocenters. The third-order valence-electron chi connectivity index (χ3n) is 3.65. The van der Waals surface area contributed by atoms with Crippen molar-refractivity contribution in [2.45, 2.75) is 44.3 Å². The van der Waals surface area contributed by atoms with Gasteiger partial charge in [0.25, 0.3) is 0 Å². The molecule has 0 bridgehead atoms. The van der Waals surface area contributed by atoms with Crippen LogP contribution in [0.15, 0.2) is 11.0 Å². The lowest BCUT2D eigenvalue weighted by Crippen LogP contribution is -2.38. The highest BCUT2D eigenvalue weighted by atomic mass is 32.2. The Labute approximate surface area is 113 Å². The summed E-state index contributed by atoms with van der Waals surface area (Å²) in [5.74, 6) is -0.0487. The zero-order chi connectivity index (χ0) is 13.0. The largest absolute Gasteiger partial charge is 0.342 e. The molecule has 2 unspecified atom stereocenters. The standard InChI is InChI=1S/C14H20N2OS/c1-2-11-9-12(13(10-15)18-11)14(17)16-7-5-3-4-6-8-16/h9,12-13H,2-8H2,1H3. The van der Waals surface area contributed by atoms with Crippen molar-refractivity contribution in [1.29, 1.82) is 5.26 Å². The zero-order valence-electron chi connectivity index (χ0n) is 10.9. The Balaban J connectivity index is 2.07. The summed E-state index contributed by atoms with van der Waals surface area (Å²) in [6, 6.07) is 2.28. The molecule has 0 aromatic heterocycles. The molecule has 2 rings (SSSR count). The number of carbonyl (C=O) groups excluding carboxylic acids is 1. The molecule has 3 nitrogen and oxygen atoms in total. The van der Waals surface area contributed by atoms with Gasteiger partial charge in [-0.3, -0.25) is 4.79 Å². The first-order valence-corrected chi connectivity index (χ1v) is 7.70. The minimum Gasteiger partial charge on any atom is -0.342 e. The number of hydrogen-bond donors (Lipinski definition) is 0. The van der Waals surface area contributed by atoms with Crippen LogP contribution in [-0.2, 0) is 4.79 Å². The van der Waals surface area contributed by atoms with E-state index in [-0.39, 0.29) is 17.1 Å². The maximum absolute atomic E-state index is 12.5. The van der Waals surface area contributed by atoms with Gasteiger partial charge >= 0.3 is 0 Å². The van der Waals surface area contributed by atoms with Crippen molar-refractivity contribution < 1.29 is 4.79 Å². The average molecular weight is 264 g/mol. The average Bonchev–Trinajstić information content (AvgIpc) is 2.63. The minimum atomic E-state index is -0.215. The van der Waals surface area contributed by atoms with Crippen molar-refractivity contribution in [2.24, 2.45) is 5.92 Å². The second kappa shape index (κ2) is 6.29. The van der Waals surface area contributed by atoms with E-state index in [0.717, 1.165) is 32.4 Å². The SMILES string of the molecule is CCC1=CC(C(=O)N2CCCCCC2)C(C#N)S1. The summed E-state index contributed by atoms with van der Waals surface area (Å²) in [6.45, 7) is 3.81. The predicted molar refractivity (Wildman–Crippen MR) is 73.9 cm³/mol. The second-order valence-corrected chi connectivity index (χ2v) is 6.19. The molecule has 1 amide bonds. The molecule has 1 fully saturated rings. The number of carbonyl (C=O) groups is 1. The molecule has 0 spiro atoms. The van der Waals surface area contributed by atoms with Crippen molar-refractivity contribution in [2.75, 3.05) is 13.1 Å². The number of thioether (sulfide) groups is 1. The smallest absolute Gasteiger partial charge is 0.231 e. The first-order valence-electron chi connectivity index (χ1n) is 6.82. The van der Waals surface area contributed by atoms with Gasteiger partial charge in [0.15, 0.2) is 0 Å². The fourth-order valence-corrected chi connectivity index (χ4v) is 3.69. The van der Waals surface area contributed by atoms with Crippen LogP contribution < -0.4 is 0 Å². The Morgan fingerprint density at radius 3 is 2.67 bits per heavy atom. The van der Waals surface area contributed by atoms with Crippen molar-refractivity contribution in [1.82, 2.24) is 4.90 Å². The van der Waals surface area contributed by atoms with Crippen LogP contribution in [0.5, 0.6) is 0 Å². The number of nitrogens with zero attached hydrogens (tertiary/aromatic N) is 2. The van der Waals surface area contributed by atoms with Gasteiger partial charge in [-0.05, 0) is 24.2 Å². The van der Waals surface area contributed by atoms with Gasteiger partial charge in [0.05, 0.1) is 12.0 Å². The molecular formula is C14H20N2OS. The lowest BCUT2D eigenvalue weighted by Gasteiger charge is -2.24. The number of likely N-dealkylation sites (tertiary alicyclic amines) is 1. The third kappa shape index (κ3) is 2.89. The summed E-state index contributed by atoms with van der Waals surface area (Å²) < 4.78 is 0. The molecular weight excluding hydrogens is 244 g/mol. The first-order chi connectivity index (χ1) is 8.76. The number of nitriles is 1. The van der Waals surface area contributed by atoms with Gasteiger partial charge in [-0.25, -0.2) is 0 Å². The molecule has 0 aromatic carbocycles. The van der Waals surface area contributed by atoms with Crippen molar-refractivity contribution in [3.63, 3.8) is 0 Å². The van der Waals surface area contributed by atoms with E-state index in [1.54, 1.807) is 11.8 Å². The van der Waals surface area contributed by atoms with E-state index in [1.807, 2.05) is 11.0 Å². The summed E-state index contributed by atoms with van der Waals surface area (Å²) in [4.78, 5) is 15.7. The molecule has 1 saturated heterocycles. The Hall–Kier alpha value is -0.950. The Bertz CT molecular complexity index is 378. The van der Waals surface area contributed by atoms with Gasteiger partial charge in [0.2, 0.25) is 5.91 Å². The second-order valence-electron chi connectivity index (χ2n) is 4.92. The van der Waals surface area contributed by atoms with Gasteiger partial charge in [-0.15, -0.1) is 11.8 Å². The molecule has 2 aliphatic rings. The van der Waals surface area contributed by atoms with E-state index in [9.17, 15) is 10.1 Å². The highest BCUT2D eigenvalue weighted by molar-refractivity contribution is 8.04. The van der Waals surface area contributed by atoms with E-state index in [4.69, 9.17) is 0 Å². The van der Waals surface area contributed by atoms with E-state index in [0.29, 0.717) is 0 Å². The normalized spacial score (nSPS) is 28.4. The predicted octanol–water partition coefficient (Wildman–Crippen LogP) is 2.94. The summed E-state index contributed by atoms with van der Waals surface area (Å²) in [5, 5.41) is 8.97. The van der Waals surface area contributed by atoms with Gasteiger partial charge in [0, 0.05) is 13.1 Å². The van der Waals surface area contributed by atoms with Crippen LogP contribution in [0.25, 0.3) is 0 Å². The Morgan fingerprint density at radius 1 is 1.44 bits per heavy atom. The van der Waals surface area contributed by atoms with Crippen LogP contribution in [0.1, 0.15) is 39.0 Å². The molecule has 0 aliphatic carbocycles. The quantitative estimate of drug-likeness (QED) is 0.770. The number of hydrogen-bond acceptors (Lipinski definition) is 3. The lowest BCUT2D eigenvalue weighted by atomic mass is 10.0. The van der Waals surface area contributed by atoms with Gasteiger partial charge in [0.1, 0.15) is 5.25 Å². The van der Waals surface area contributed by atoms with Crippen molar-refractivity contribution in [3.8, 4) is 6.07 Å². The number of amides is 1. The minimum absolute atomic E-state index is 0.166. The first kappa shape index (κ1) is 13.5. The number of allylic oxidation sites excluding steroid dienone is 1. The maximum atomic E-state index is 12.5. The molecule has 2 heterocycles. The highest BCUT2D eigenvalue weighted by Crippen LogP contribution is 2.38. The summed E-state index contributed by atoms with van der Waals surface area (Å²) >= 11 is 1.57. The van der Waals surface area contributed by atoms with E-state index in [2.05, 4.69) is 13.0 Å². The van der Waals surface area contributed by atoms with Crippen LogP contribution in [-0.4, -0.2) is 29.1 Å². The van der Waals surface area contributed by atoms with E-state index >= 15 is 0 Å². The third-order valence-corrected chi connectivity index (χ3v) is 5.03. The summed E-state index contributed by atoms with van der Waals surface area (Å²) in [5.41, 5.74) is 0. The van der Waals surface area contributed by atoms with E-state index in [1.165, 1.54) is 17.7 Å². The van der Waals surface area contributed by atoms with Crippen LogP contribution in [0.3, 0.4) is 0 Å². The fraction of sp³-hybridized carbons (Fsp3) is 0.714. The summed E-state index contributed by atoms with van der Waals surface area (Å²) in [6.07, 6.45) is 7.60. The van der Waals surface area contributed by atoms with Crippen molar-refractivity contribution in [3.05, 3.63) is 11.0 Å². The monoisotopic (exact) mass is 264 g/mol. The van der Waals surface area contributed by atoms with E-state index < -0.39 is 0 Å². The molecule has 0 radical (unpaired) electrons. The Kier molecular flexibility index (Phi) is 4.71. The van der Waals surface area contributed by atoms with Gasteiger partial charge in [-0.1, -0.05) is 25.8 Å². The molecule has 98 valence electrons. The van der Waals surface area contributed by atoms with Crippen LogP contribution in [0.2, 0.25) is 0 Å². The zero-order valence-corrected chi connectivity index (χ0v) is 11.7. The Morgan fingerprint density at radius 2 is 2.11 bits per heavy atom.